The second-order valence-corrected chi connectivity index (χ2v) is 12.6. The Morgan fingerprint density at radius 1 is 0.727 bits per heavy atom. The Hall–Kier alpha value is -5.48. The zero-order chi connectivity index (χ0) is 39.7. The Labute approximate surface area is 308 Å². The van der Waals surface area contributed by atoms with Crippen molar-refractivity contribution in [2.24, 2.45) is 0 Å². The number of hydrogen-bond donors (Lipinski definition) is 11. The topological polar surface area (TPSA) is 316 Å². The number of benzene rings is 3. The van der Waals surface area contributed by atoms with Crippen LogP contribution in [0, 0.1) is 0 Å². The number of fused-ring (bicyclic) bond motifs is 1. The lowest BCUT2D eigenvalue weighted by molar-refractivity contribution is -0.358. The molecular formula is C36H36O19. The molecule has 0 bridgehead atoms. The number of ether oxygens (including phenoxy) is 5. The maximum absolute atomic E-state index is 13.9. The van der Waals surface area contributed by atoms with Crippen molar-refractivity contribution in [1.29, 1.82) is 0 Å². The molecule has 0 unspecified atom stereocenters. The van der Waals surface area contributed by atoms with Crippen LogP contribution >= 0.6 is 0 Å². The molecule has 3 heterocycles. The lowest BCUT2D eigenvalue weighted by atomic mass is 9.97. The summed E-state index contributed by atoms with van der Waals surface area (Å²) in [6, 6.07) is 10.8. The molecule has 55 heavy (non-hydrogen) atoms. The van der Waals surface area contributed by atoms with Crippen LogP contribution in [-0.4, -0.2) is 137 Å². The minimum atomic E-state index is -2.05. The van der Waals surface area contributed by atoms with Crippen molar-refractivity contribution in [1.82, 2.24) is 0 Å². The Kier molecular flexibility index (Phi) is 11.5. The third-order valence-electron chi connectivity index (χ3n) is 8.87. The highest BCUT2D eigenvalue weighted by Gasteiger charge is 2.52. The Morgan fingerprint density at radius 3 is 2.11 bits per heavy atom. The molecule has 19 nitrogen and oxygen atoms in total. The molecule has 3 aromatic carbocycles. The maximum atomic E-state index is 13.9. The van der Waals surface area contributed by atoms with Crippen LogP contribution in [0.5, 0.6) is 34.5 Å². The number of phenols is 5. The van der Waals surface area contributed by atoms with E-state index in [9.17, 15) is 65.8 Å². The normalized spacial score (nSPS) is 28.3. The van der Waals surface area contributed by atoms with Gasteiger partial charge in [-0.2, -0.15) is 0 Å². The number of aromatic hydroxyl groups is 5. The van der Waals surface area contributed by atoms with Gasteiger partial charge in [-0.1, -0.05) is 6.07 Å². The summed E-state index contributed by atoms with van der Waals surface area (Å²) in [4.78, 5) is 26.3. The van der Waals surface area contributed by atoms with E-state index in [2.05, 4.69) is 0 Å². The van der Waals surface area contributed by atoms with Gasteiger partial charge in [0.25, 0.3) is 0 Å². The third kappa shape index (κ3) is 8.15. The highest BCUT2D eigenvalue weighted by atomic mass is 16.8. The molecule has 11 N–H and O–H groups in total. The largest absolute Gasteiger partial charge is 0.508 e. The van der Waals surface area contributed by atoms with Crippen LogP contribution < -0.4 is 10.2 Å². The van der Waals surface area contributed by atoms with Crippen molar-refractivity contribution in [3.8, 4) is 45.8 Å². The van der Waals surface area contributed by atoms with E-state index in [0.29, 0.717) is 5.56 Å². The van der Waals surface area contributed by atoms with Gasteiger partial charge in [0.1, 0.15) is 77.6 Å². The Balaban J connectivity index is 1.28. The first kappa shape index (κ1) is 39.2. The second kappa shape index (κ2) is 16.1. The average molecular weight is 773 g/mol. The van der Waals surface area contributed by atoms with Gasteiger partial charge in [-0.25, -0.2) is 4.79 Å². The average Bonchev–Trinajstić information content (AvgIpc) is 3.15. The zero-order valence-electron chi connectivity index (χ0n) is 28.2. The van der Waals surface area contributed by atoms with Crippen LogP contribution in [-0.2, 0) is 23.7 Å². The van der Waals surface area contributed by atoms with Crippen LogP contribution in [0.3, 0.4) is 0 Å². The van der Waals surface area contributed by atoms with Crippen LogP contribution in [0.1, 0.15) is 5.56 Å². The summed E-state index contributed by atoms with van der Waals surface area (Å²) in [7, 11) is 0. The van der Waals surface area contributed by atoms with E-state index in [1.807, 2.05) is 0 Å². The van der Waals surface area contributed by atoms with E-state index < -0.39 is 114 Å². The van der Waals surface area contributed by atoms with Crippen molar-refractivity contribution >= 4 is 23.0 Å². The van der Waals surface area contributed by atoms with Gasteiger partial charge in [-0.3, -0.25) is 4.79 Å². The van der Waals surface area contributed by atoms with Crippen LogP contribution in [0.15, 0.2) is 69.9 Å². The number of hydrogen-bond acceptors (Lipinski definition) is 19. The number of carbonyl (C=O) groups is 1. The van der Waals surface area contributed by atoms with Crippen molar-refractivity contribution in [2.45, 2.75) is 61.4 Å². The van der Waals surface area contributed by atoms with Gasteiger partial charge in [-0.05, 0) is 48.0 Å². The fourth-order valence-corrected chi connectivity index (χ4v) is 5.93. The number of aliphatic hydroxyl groups excluding tert-OH is 6. The lowest BCUT2D eigenvalue weighted by Gasteiger charge is -2.45. The van der Waals surface area contributed by atoms with Gasteiger partial charge in [0.2, 0.25) is 17.5 Å². The van der Waals surface area contributed by atoms with Crippen molar-refractivity contribution in [2.75, 3.05) is 13.2 Å². The quantitative estimate of drug-likeness (QED) is 0.0537. The zero-order valence-corrected chi connectivity index (χ0v) is 28.2. The molecule has 0 amide bonds. The summed E-state index contributed by atoms with van der Waals surface area (Å²) < 4.78 is 34.0. The molecule has 0 radical (unpaired) electrons. The molecule has 294 valence electrons. The first-order chi connectivity index (χ1) is 26.2. The minimum Gasteiger partial charge on any atom is -0.508 e. The molecule has 2 aliphatic heterocycles. The van der Waals surface area contributed by atoms with Crippen molar-refractivity contribution in [3.05, 3.63) is 76.5 Å². The monoisotopic (exact) mass is 772 g/mol. The third-order valence-corrected chi connectivity index (χ3v) is 8.87. The molecule has 2 fully saturated rings. The highest BCUT2D eigenvalue weighted by Crippen LogP contribution is 2.38. The molecule has 10 atom stereocenters. The van der Waals surface area contributed by atoms with E-state index in [-0.39, 0.29) is 28.4 Å². The molecule has 6 rings (SSSR count). The fourth-order valence-electron chi connectivity index (χ4n) is 5.93. The van der Waals surface area contributed by atoms with Crippen LogP contribution in [0.25, 0.3) is 28.4 Å². The second-order valence-electron chi connectivity index (χ2n) is 12.6. The molecule has 19 heteroatoms. The van der Waals surface area contributed by atoms with E-state index in [0.717, 1.165) is 18.2 Å². The highest BCUT2D eigenvalue weighted by molar-refractivity contribution is 5.88. The maximum Gasteiger partial charge on any atom is 0.330 e. The Bertz CT molecular complexity index is 2100. The van der Waals surface area contributed by atoms with E-state index in [1.54, 1.807) is 0 Å². The van der Waals surface area contributed by atoms with Gasteiger partial charge in [0.15, 0.2) is 29.7 Å². The van der Waals surface area contributed by atoms with Gasteiger partial charge in [0, 0.05) is 23.8 Å². The summed E-state index contributed by atoms with van der Waals surface area (Å²) in [5, 5.41) is 113. The summed E-state index contributed by atoms with van der Waals surface area (Å²) in [5.74, 6) is -4.13. The summed E-state index contributed by atoms with van der Waals surface area (Å²) in [6.07, 6.45) is -16.6. The van der Waals surface area contributed by atoms with Gasteiger partial charge in [-0.15, -0.1) is 0 Å². The molecular weight excluding hydrogens is 736 g/mol. The lowest BCUT2D eigenvalue weighted by Crippen LogP contribution is -2.65. The summed E-state index contributed by atoms with van der Waals surface area (Å²) in [5.41, 5.74) is -0.876. The molecule has 1 aromatic heterocycles. The van der Waals surface area contributed by atoms with Gasteiger partial charge >= 0.3 is 5.97 Å². The number of carbonyl (C=O) groups excluding carboxylic acids is 1. The molecule has 0 spiro atoms. The standard InChI is InChI=1S/C36H36O19/c37-12-22-26(44)30(48)34(55-35-31(49)29(47)27(45)23(53-35)13-50-24(43)8-2-14-1-7-18(40)19(41)9-14)36(52-22)54-33-28(46)25-20(42)10-17(39)11-21(25)51-32(33)15-3-5-16(38)6-4-15/h1-11,22-23,26-27,29-31,34-42,44-45,47-49H,12-13H2/b8-2+/t22-,23-,26-,27-,29+,30+,31-,34-,35+,36+/m1/s1. The Morgan fingerprint density at radius 2 is 1.42 bits per heavy atom. The van der Waals surface area contributed by atoms with E-state index >= 15 is 0 Å². The van der Waals surface area contributed by atoms with E-state index in [4.69, 9.17) is 28.1 Å². The summed E-state index contributed by atoms with van der Waals surface area (Å²) >= 11 is 0. The number of phenolic OH excluding ortho intramolecular Hbond substituents is 5. The van der Waals surface area contributed by atoms with Crippen molar-refractivity contribution in [3.63, 3.8) is 0 Å². The summed E-state index contributed by atoms with van der Waals surface area (Å²) in [6.45, 7) is -1.61. The first-order valence-corrected chi connectivity index (χ1v) is 16.5. The smallest absolute Gasteiger partial charge is 0.330 e. The minimum absolute atomic E-state index is 0.124. The number of rotatable bonds is 10. The van der Waals surface area contributed by atoms with E-state index in [1.165, 1.54) is 48.5 Å². The van der Waals surface area contributed by atoms with Crippen LogP contribution in [0.2, 0.25) is 0 Å². The van der Waals surface area contributed by atoms with Gasteiger partial charge in [0.05, 0.1) is 6.61 Å². The number of esters is 1. The first-order valence-electron chi connectivity index (χ1n) is 16.5. The predicted molar refractivity (Wildman–Crippen MR) is 183 cm³/mol. The van der Waals surface area contributed by atoms with Crippen LogP contribution in [0.4, 0.5) is 0 Å². The SMILES string of the molecule is O=C(/C=C/c1ccc(O)c(O)c1)OC[C@H]1O[C@@H](O[C@H]2[C@H](Oc3c(-c4ccc(O)cc4)oc4cc(O)cc(O)c4c3=O)O[C@H](CO)[C@@H](O)[C@@H]2O)[C@H](O)[C@@H](O)[C@@H]1O. The van der Waals surface area contributed by atoms with Crippen molar-refractivity contribution < 1.29 is 89.1 Å². The molecule has 2 aliphatic rings. The molecule has 2 saturated heterocycles. The predicted octanol–water partition coefficient (Wildman–Crippen LogP) is -0.745. The molecule has 0 saturated carbocycles. The molecule has 4 aromatic rings. The fraction of sp³-hybridized carbons (Fsp3) is 0.333. The number of aliphatic hydroxyl groups is 6. The molecule has 0 aliphatic carbocycles. The van der Waals surface area contributed by atoms with Gasteiger partial charge < -0.3 is 84.3 Å².